The minimum Gasteiger partial charge on any atom is -0.345 e. The topological polar surface area (TPSA) is 49.4 Å². The minimum atomic E-state index is -0.387. The number of hydrogen-bond acceptors (Lipinski definition) is 2. The lowest BCUT2D eigenvalue weighted by Crippen LogP contribution is -2.49. The average molecular weight is 268 g/mol. The first-order valence-corrected chi connectivity index (χ1v) is 7.62. The van der Waals surface area contributed by atoms with Gasteiger partial charge in [-0.15, -0.1) is 0 Å². The maximum absolute atomic E-state index is 12.2. The van der Waals surface area contributed by atoms with Crippen molar-refractivity contribution in [3.63, 3.8) is 0 Å². The fourth-order valence-electron chi connectivity index (χ4n) is 2.41. The van der Waals surface area contributed by atoms with Gasteiger partial charge in [0.2, 0.25) is 11.8 Å². The maximum Gasteiger partial charge on any atom is 0.244 e. The molecule has 1 unspecified atom stereocenters. The van der Waals surface area contributed by atoms with E-state index in [2.05, 4.69) is 19.2 Å². The predicted octanol–water partition coefficient (Wildman–Crippen LogP) is 2.33. The summed E-state index contributed by atoms with van der Waals surface area (Å²) >= 11 is 0. The van der Waals surface area contributed by atoms with E-state index >= 15 is 0 Å². The van der Waals surface area contributed by atoms with Gasteiger partial charge in [-0.3, -0.25) is 9.59 Å². The molecule has 19 heavy (non-hydrogen) atoms. The van der Waals surface area contributed by atoms with Crippen molar-refractivity contribution in [2.45, 2.75) is 65.3 Å². The number of carbonyl (C=O) groups is 2. The highest BCUT2D eigenvalue weighted by Gasteiger charge is 2.25. The normalized spacial score (nSPS) is 18.2. The number of nitrogens with one attached hydrogen (secondary N) is 1. The second kappa shape index (κ2) is 8.18. The van der Waals surface area contributed by atoms with Crippen LogP contribution >= 0.6 is 0 Å². The molecule has 2 amide bonds. The van der Waals surface area contributed by atoms with Crippen LogP contribution in [0.5, 0.6) is 0 Å². The molecule has 4 nitrogen and oxygen atoms in total. The third-order valence-electron chi connectivity index (χ3n) is 3.85. The van der Waals surface area contributed by atoms with Gasteiger partial charge in [-0.2, -0.15) is 0 Å². The van der Waals surface area contributed by atoms with E-state index in [4.69, 9.17) is 0 Å². The summed E-state index contributed by atoms with van der Waals surface area (Å²) in [7, 11) is 0. The smallest absolute Gasteiger partial charge is 0.244 e. The number of hydrogen-bond donors (Lipinski definition) is 1. The molecule has 0 saturated carbocycles. The third kappa shape index (κ3) is 5.62. The predicted molar refractivity (Wildman–Crippen MR) is 76.7 cm³/mol. The zero-order valence-electron chi connectivity index (χ0n) is 12.6. The van der Waals surface area contributed by atoms with Gasteiger partial charge >= 0.3 is 0 Å². The Balaban J connectivity index is 2.29. The Morgan fingerprint density at radius 1 is 1.26 bits per heavy atom. The summed E-state index contributed by atoms with van der Waals surface area (Å²) in [6.45, 7) is 7.78. The molecule has 1 atom stereocenters. The number of piperidine rings is 1. The molecule has 1 aliphatic heterocycles. The molecule has 0 aromatic rings. The molecular formula is C15H28N2O2. The first-order chi connectivity index (χ1) is 9.04. The maximum atomic E-state index is 12.2. The average Bonchev–Trinajstić information content (AvgIpc) is 2.39. The van der Waals surface area contributed by atoms with E-state index < -0.39 is 0 Å². The molecule has 4 heteroatoms. The third-order valence-corrected chi connectivity index (χ3v) is 3.85. The lowest BCUT2D eigenvalue weighted by atomic mass is 9.99. The zero-order valence-corrected chi connectivity index (χ0v) is 12.6. The highest BCUT2D eigenvalue weighted by Crippen LogP contribution is 2.16. The summed E-state index contributed by atoms with van der Waals surface area (Å²) in [5.41, 5.74) is 0. The van der Waals surface area contributed by atoms with Gasteiger partial charge in [0, 0.05) is 19.5 Å². The fourth-order valence-corrected chi connectivity index (χ4v) is 2.41. The summed E-state index contributed by atoms with van der Waals surface area (Å²) < 4.78 is 0. The van der Waals surface area contributed by atoms with Crippen molar-refractivity contribution in [2.24, 2.45) is 5.92 Å². The Morgan fingerprint density at radius 2 is 1.89 bits per heavy atom. The van der Waals surface area contributed by atoms with Crippen molar-refractivity contribution in [3.05, 3.63) is 0 Å². The van der Waals surface area contributed by atoms with Crippen LogP contribution in [0.1, 0.15) is 59.3 Å². The van der Waals surface area contributed by atoms with Crippen LogP contribution in [0.3, 0.4) is 0 Å². The zero-order chi connectivity index (χ0) is 14.3. The Hall–Kier alpha value is -1.06. The summed E-state index contributed by atoms with van der Waals surface area (Å²) in [6, 6.07) is -0.387. The molecule has 0 aromatic heterocycles. The van der Waals surface area contributed by atoms with E-state index in [1.807, 2.05) is 4.90 Å². The molecule has 0 bridgehead atoms. The van der Waals surface area contributed by atoms with Crippen molar-refractivity contribution >= 4 is 11.8 Å². The first kappa shape index (κ1) is 16.0. The fraction of sp³-hybridized carbons (Fsp3) is 0.867. The van der Waals surface area contributed by atoms with Crippen LogP contribution in [0.25, 0.3) is 0 Å². The van der Waals surface area contributed by atoms with Gasteiger partial charge in [-0.05, 0) is 32.1 Å². The van der Waals surface area contributed by atoms with Gasteiger partial charge in [0.15, 0.2) is 0 Å². The summed E-state index contributed by atoms with van der Waals surface area (Å²) in [5, 5.41) is 2.82. The van der Waals surface area contributed by atoms with Crippen LogP contribution in [0.2, 0.25) is 0 Å². The quantitative estimate of drug-likeness (QED) is 0.752. The molecule has 110 valence electrons. The van der Waals surface area contributed by atoms with Gasteiger partial charge < -0.3 is 10.2 Å². The minimum absolute atomic E-state index is 0.000299. The van der Waals surface area contributed by atoms with E-state index in [0.717, 1.165) is 45.2 Å². The van der Waals surface area contributed by atoms with Crippen molar-refractivity contribution in [1.82, 2.24) is 10.2 Å². The van der Waals surface area contributed by atoms with Crippen molar-refractivity contribution in [3.8, 4) is 0 Å². The molecule has 0 spiro atoms. The number of unbranched alkanes of at least 4 members (excludes halogenated alkanes) is 2. The van der Waals surface area contributed by atoms with Gasteiger partial charge in [-0.1, -0.05) is 26.7 Å². The number of carbonyl (C=O) groups excluding carboxylic acids is 2. The molecule has 0 aromatic carbocycles. The van der Waals surface area contributed by atoms with E-state index in [1.165, 1.54) is 0 Å². The summed E-state index contributed by atoms with van der Waals surface area (Å²) in [6.07, 6.45) is 5.76. The lowest BCUT2D eigenvalue weighted by Gasteiger charge is -2.32. The van der Waals surface area contributed by atoms with E-state index in [-0.39, 0.29) is 17.9 Å². The Morgan fingerprint density at radius 3 is 2.47 bits per heavy atom. The van der Waals surface area contributed by atoms with Crippen molar-refractivity contribution in [2.75, 3.05) is 13.1 Å². The molecule has 0 radical (unpaired) electrons. The number of nitrogens with zero attached hydrogens (tertiary/aromatic N) is 1. The first-order valence-electron chi connectivity index (χ1n) is 7.62. The number of amides is 2. The second-order valence-electron chi connectivity index (χ2n) is 5.75. The van der Waals surface area contributed by atoms with E-state index in [9.17, 15) is 9.59 Å². The molecule has 1 fully saturated rings. The van der Waals surface area contributed by atoms with Crippen LogP contribution in [-0.4, -0.2) is 35.8 Å². The Labute approximate surface area is 116 Å². The van der Waals surface area contributed by atoms with Gasteiger partial charge in [0.25, 0.3) is 0 Å². The van der Waals surface area contributed by atoms with Gasteiger partial charge in [-0.25, -0.2) is 0 Å². The molecule has 1 N–H and O–H groups in total. The molecule has 1 aliphatic rings. The lowest BCUT2D eigenvalue weighted by molar-refractivity contribution is -0.137. The van der Waals surface area contributed by atoms with Crippen molar-refractivity contribution in [1.29, 1.82) is 0 Å². The largest absolute Gasteiger partial charge is 0.345 e. The van der Waals surface area contributed by atoms with Crippen LogP contribution in [0.4, 0.5) is 0 Å². The van der Waals surface area contributed by atoms with Crippen LogP contribution in [-0.2, 0) is 9.59 Å². The number of likely N-dealkylation sites (tertiary alicyclic amines) is 1. The molecule has 1 heterocycles. The summed E-state index contributed by atoms with van der Waals surface area (Å²) in [4.78, 5) is 25.8. The number of rotatable bonds is 6. The van der Waals surface area contributed by atoms with E-state index in [0.29, 0.717) is 12.3 Å². The highest BCUT2D eigenvalue weighted by molar-refractivity contribution is 5.87. The Kier molecular flexibility index (Phi) is 6.89. The van der Waals surface area contributed by atoms with Crippen LogP contribution in [0.15, 0.2) is 0 Å². The van der Waals surface area contributed by atoms with Gasteiger partial charge in [0.05, 0.1) is 0 Å². The monoisotopic (exact) mass is 268 g/mol. The van der Waals surface area contributed by atoms with Crippen LogP contribution in [0, 0.1) is 5.92 Å². The molecule has 0 aliphatic carbocycles. The van der Waals surface area contributed by atoms with Gasteiger partial charge in [0.1, 0.15) is 6.04 Å². The molecule has 1 saturated heterocycles. The highest BCUT2D eigenvalue weighted by atomic mass is 16.2. The van der Waals surface area contributed by atoms with Crippen LogP contribution < -0.4 is 5.32 Å². The standard InChI is InChI=1S/C15H28N2O2/c1-4-5-6-7-14(18)16-13(3)15(19)17-10-8-12(2)9-11-17/h12-13H,4-11H2,1-3H3,(H,16,18). The Bertz CT molecular complexity index is 297. The summed E-state index contributed by atoms with van der Waals surface area (Å²) in [5.74, 6) is 0.776. The molecular weight excluding hydrogens is 240 g/mol. The second-order valence-corrected chi connectivity index (χ2v) is 5.75. The molecule has 1 rings (SSSR count). The SMILES string of the molecule is CCCCCC(=O)NC(C)C(=O)N1CCC(C)CC1. The van der Waals surface area contributed by atoms with Crippen molar-refractivity contribution < 1.29 is 9.59 Å². The van der Waals surface area contributed by atoms with E-state index in [1.54, 1.807) is 6.92 Å².